The number of ether oxygens (including phenoxy) is 1. The van der Waals surface area contributed by atoms with Crippen LogP contribution in [-0.4, -0.2) is 17.1 Å². The van der Waals surface area contributed by atoms with Gasteiger partial charge in [-0.3, -0.25) is 0 Å². The summed E-state index contributed by atoms with van der Waals surface area (Å²) < 4.78 is 5.54. The number of nitrogens with zero attached hydrogens (tertiary/aromatic N) is 1. The molecular formula is C14H17Cl2NO2. The normalized spacial score (nSPS) is 23.1. The first-order chi connectivity index (χ1) is 9.08. The molecule has 0 bridgehead atoms. The van der Waals surface area contributed by atoms with Crippen molar-refractivity contribution in [3.8, 4) is 0 Å². The van der Waals surface area contributed by atoms with E-state index in [0.29, 0.717) is 11.5 Å². The van der Waals surface area contributed by atoms with Gasteiger partial charge in [-0.1, -0.05) is 43.0 Å². The SMILES string of the molecule is CCC1CCCC(OC(=O)c2cc(Cl)nc(Cl)c2)C1. The molecule has 0 aromatic carbocycles. The number of pyridine rings is 1. The molecule has 2 rings (SSSR count). The van der Waals surface area contributed by atoms with Gasteiger partial charge in [-0.15, -0.1) is 0 Å². The summed E-state index contributed by atoms with van der Waals surface area (Å²) in [6, 6.07) is 2.96. The van der Waals surface area contributed by atoms with Crippen molar-refractivity contribution in [1.82, 2.24) is 4.98 Å². The van der Waals surface area contributed by atoms with Gasteiger partial charge in [0, 0.05) is 0 Å². The molecule has 0 spiro atoms. The van der Waals surface area contributed by atoms with E-state index in [0.717, 1.165) is 25.7 Å². The highest BCUT2D eigenvalue weighted by molar-refractivity contribution is 6.32. The van der Waals surface area contributed by atoms with E-state index in [2.05, 4.69) is 11.9 Å². The van der Waals surface area contributed by atoms with Crippen LogP contribution in [0.4, 0.5) is 0 Å². The Bertz CT molecular complexity index is 445. The van der Waals surface area contributed by atoms with Crippen molar-refractivity contribution in [3.63, 3.8) is 0 Å². The summed E-state index contributed by atoms with van der Waals surface area (Å²) in [6.45, 7) is 2.18. The van der Waals surface area contributed by atoms with E-state index in [1.54, 1.807) is 0 Å². The zero-order chi connectivity index (χ0) is 13.8. The number of aromatic nitrogens is 1. The van der Waals surface area contributed by atoms with Gasteiger partial charge in [0.05, 0.1) is 5.56 Å². The van der Waals surface area contributed by atoms with Crippen molar-refractivity contribution in [2.75, 3.05) is 0 Å². The monoisotopic (exact) mass is 301 g/mol. The molecule has 1 heterocycles. The molecule has 0 amide bonds. The van der Waals surface area contributed by atoms with Gasteiger partial charge in [-0.2, -0.15) is 0 Å². The van der Waals surface area contributed by atoms with Gasteiger partial charge >= 0.3 is 5.97 Å². The van der Waals surface area contributed by atoms with Crippen LogP contribution in [0.15, 0.2) is 12.1 Å². The maximum Gasteiger partial charge on any atom is 0.338 e. The van der Waals surface area contributed by atoms with Gasteiger partial charge in [-0.05, 0) is 37.3 Å². The number of hydrogen-bond acceptors (Lipinski definition) is 3. The van der Waals surface area contributed by atoms with E-state index in [9.17, 15) is 4.79 Å². The van der Waals surface area contributed by atoms with Crippen molar-refractivity contribution >= 4 is 29.2 Å². The number of carbonyl (C=O) groups excluding carboxylic acids is 1. The average molecular weight is 302 g/mol. The minimum atomic E-state index is -0.368. The van der Waals surface area contributed by atoms with E-state index in [1.165, 1.54) is 18.6 Å². The molecule has 0 N–H and O–H groups in total. The van der Waals surface area contributed by atoms with Gasteiger partial charge in [0.1, 0.15) is 16.4 Å². The maximum absolute atomic E-state index is 12.0. The minimum absolute atomic E-state index is 0.0110. The van der Waals surface area contributed by atoms with Crippen LogP contribution < -0.4 is 0 Å². The first-order valence-electron chi connectivity index (χ1n) is 6.62. The molecule has 3 nitrogen and oxygen atoms in total. The zero-order valence-electron chi connectivity index (χ0n) is 10.9. The van der Waals surface area contributed by atoms with Gasteiger partial charge in [-0.25, -0.2) is 9.78 Å². The van der Waals surface area contributed by atoms with Crippen LogP contribution in [0, 0.1) is 5.92 Å². The van der Waals surface area contributed by atoms with E-state index in [4.69, 9.17) is 27.9 Å². The van der Waals surface area contributed by atoms with Crippen molar-refractivity contribution in [3.05, 3.63) is 28.0 Å². The third-order valence-corrected chi connectivity index (χ3v) is 3.97. The molecule has 1 saturated carbocycles. The second-order valence-electron chi connectivity index (χ2n) is 4.97. The van der Waals surface area contributed by atoms with Crippen molar-refractivity contribution in [1.29, 1.82) is 0 Å². The Kier molecular flexibility index (Phi) is 5.06. The summed E-state index contributed by atoms with van der Waals surface area (Å²) in [5.74, 6) is 0.295. The predicted octanol–water partition coefficient (Wildman–Crippen LogP) is 4.51. The predicted molar refractivity (Wildman–Crippen MR) is 75.7 cm³/mol. The van der Waals surface area contributed by atoms with Gasteiger partial charge < -0.3 is 4.74 Å². The fraction of sp³-hybridized carbons (Fsp3) is 0.571. The highest BCUT2D eigenvalue weighted by Gasteiger charge is 2.24. The summed E-state index contributed by atoms with van der Waals surface area (Å²) in [5, 5.41) is 0.407. The minimum Gasteiger partial charge on any atom is -0.459 e. The molecule has 1 aliphatic rings. The molecule has 19 heavy (non-hydrogen) atoms. The molecule has 2 unspecified atom stereocenters. The summed E-state index contributed by atoms with van der Waals surface area (Å²) >= 11 is 11.6. The fourth-order valence-corrected chi connectivity index (χ4v) is 2.98. The number of halogens is 2. The van der Waals surface area contributed by atoms with E-state index in [1.807, 2.05) is 0 Å². The van der Waals surface area contributed by atoms with Gasteiger partial charge in [0.15, 0.2) is 0 Å². The lowest BCUT2D eigenvalue weighted by atomic mass is 9.85. The lowest BCUT2D eigenvalue weighted by Gasteiger charge is -2.28. The van der Waals surface area contributed by atoms with Crippen molar-refractivity contribution < 1.29 is 9.53 Å². The van der Waals surface area contributed by atoms with E-state index < -0.39 is 0 Å². The highest BCUT2D eigenvalue weighted by Crippen LogP contribution is 2.29. The Morgan fingerprint density at radius 1 is 1.37 bits per heavy atom. The maximum atomic E-state index is 12.0. The largest absolute Gasteiger partial charge is 0.459 e. The topological polar surface area (TPSA) is 39.2 Å². The highest BCUT2D eigenvalue weighted by atomic mass is 35.5. The van der Waals surface area contributed by atoms with Crippen LogP contribution in [0.3, 0.4) is 0 Å². The van der Waals surface area contributed by atoms with Crippen LogP contribution in [0.5, 0.6) is 0 Å². The molecule has 0 radical (unpaired) electrons. The molecule has 1 aliphatic carbocycles. The van der Waals surface area contributed by atoms with E-state index in [-0.39, 0.29) is 22.4 Å². The first kappa shape index (κ1) is 14.6. The quantitative estimate of drug-likeness (QED) is 0.609. The molecule has 2 atom stereocenters. The molecule has 0 aliphatic heterocycles. The molecule has 1 aromatic heterocycles. The zero-order valence-corrected chi connectivity index (χ0v) is 12.4. The summed E-state index contributed by atoms with van der Waals surface area (Å²) in [5.41, 5.74) is 0.364. The lowest BCUT2D eigenvalue weighted by molar-refractivity contribution is 0.0140. The Hall–Kier alpha value is -0.800. The Balaban J connectivity index is 2.00. The molecule has 5 heteroatoms. The number of carbonyl (C=O) groups is 1. The molecule has 104 valence electrons. The Morgan fingerprint density at radius 2 is 2.05 bits per heavy atom. The molecule has 1 fully saturated rings. The van der Waals surface area contributed by atoms with Crippen LogP contribution in [0.25, 0.3) is 0 Å². The number of rotatable bonds is 3. The van der Waals surface area contributed by atoms with Gasteiger partial charge in [0.2, 0.25) is 0 Å². The molecule has 1 aromatic rings. The third-order valence-electron chi connectivity index (χ3n) is 3.58. The third kappa shape index (κ3) is 4.08. The lowest BCUT2D eigenvalue weighted by Crippen LogP contribution is -2.25. The first-order valence-corrected chi connectivity index (χ1v) is 7.38. The average Bonchev–Trinajstić information content (AvgIpc) is 2.37. The van der Waals surface area contributed by atoms with Gasteiger partial charge in [0.25, 0.3) is 0 Å². The fourth-order valence-electron chi connectivity index (χ4n) is 2.52. The summed E-state index contributed by atoms with van der Waals surface area (Å²) in [7, 11) is 0. The van der Waals surface area contributed by atoms with Crippen LogP contribution in [-0.2, 0) is 4.74 Å². The second kappa shape index (κ2) is 6.58. The van der Waals surface area contributed by atoms with Crippen LogP contribution >= 0.6 is 23.2 Å². The van der Waals surface area contributed by atoms with Crippen molar-refractivity contribution in [2.24, 2.45) is 5.92 Å². The number of hydrogen-bond donors (Lipinski definition) is 0. The van der Waals surface area contributed by atoms with Crippen molar-refractivity contribution in [2.45, 2.75) is 45.1 Å². The summed E-state index contributed by atoms with van der Waals surface area (Å²) in [6.07, 6.45) is 5.40. The smallest absolute Gasteiger partial charge is 0.338 e. The van der Waals surface area contributed by atoms with E-state index >= 15 is 0 Å². The Labute approximate surface area is 123 Å². The Morgan fingerprint density at radius 3 is 2.68 bits per heavy atom. The van der Waals surface area contributed by atoms with Crippen LogP contribution in [0.2, 0.25) is 10.3 Å². The summed E-state index contributed by atoms with van der Waals surface area (Å²) in [4.78, 5) is 15.9. The standard InChI is InChI=1S/C14H17Cl2NO2/c1-2-9-4-3-5-11(6-9)19-14(18)10-7-12(15)17-13(16)8-10/h7-9,11H,2-6H2,1H3. The second-order valence-corrected chi connectivity index (χ2v) is 5.74. The number of esters is 1. The van der Waals surface area contributed by atoms with Crippen LogP contribution in [0.1, 0.15) is 49.4 Å². The molecule has 0 saturated heterocycles. The molecular weight excluding hydrogens is 285 g/mol.